The summed E-state index contributed by atoms with van der Waals surface area (Å²) in [5.41, 5.74) is 6.27. The van der Waals surface area contributed by atoms with Gasteiger partial charge in [0, 0.05) is 46.6 Å². The first-order valence-electron chi connectivity index (χ1n) is 25.6. The number of likely N-dealkylation sites (tertiary alicyclic amines) is 2. The highest BCUT2D eigenvalue weighted by molar-refractivity contribution is 7.12. The fourth-order valence-corrected chi connectivity index (χ4v) is 13.1. The second kappa shape index (κ2) is 19.1. The van der Waals surface area contributed by atoms with Crippen LogP contribution in [0.25, 0.3) is 39.1 Å². The van der Waals surface area contributed by atoms with E-state index in [-0.39, 0.29) is 42.0 Å². The molecule has 5 aromatic rings. The molecule has 4 fully saturated rings. The Morgan fingerprint density at radius 3 is 2.47 bits per heavy atom. The van der Waals surface area contributed by atoms with Crippen LogP contribution in [0.1, 0.15) is 144 Å². The minimum absolute atomic E-state index is 0.0112. The molecule has 11 rings (SSSR count). The number of ether oxygens (including phenoxy) is 3. The molecule has 13 nitrogen and oxygen atoms in total. The Hall–Kier alpha value is -5.80. The fraction of sp³-hybridized carbons (Fsp3) is 0.509. The highest BCUT2D eigenvalue weighted by Gasteiger charge is 2.40. The van der Waals surface area contributed by atoms with Crippen LogP contribution in [0.2, 0.25) is 0 Å². The zero-order valence-corrected chi connectivity index (χ0v) is 41.7. The number of nitrogens with zero attached hydrogens (tertiary/aromatic N) is 5. The number of benzene rings is 2. The normalized spacial score (nSPS) is 25.0. The maximum atomic E-state index is 17.0. The van der Waals surface area contributed by atoms with E-state index >= 15 is 4.39 Å². The number of allylic oxidation sites excluding steroid dienone is 1. The summed E-state index contributed by atoms with van der Waals surface area (Å²) in [5, 5.41) is 3.67. The molecule has 1 aliphatic carbocycles. The number of alkyl carbamates (subject to hydrolysis) is 1. The number of fused-ring (bicyclic) bond motifs is 5. The molecule has 6 aliphatic rings. The molecule has 6 unspecified atom stereocenters. The SMILES string of the molecule is COC(=O)NC(C(=O)N1CCCC1c1ncc(-c2cc(F)c3c(c2)OC(c2ccc(C4CC4)s2)n2c-3cc3cc(C4=CCCCC(C5CCCN5C(=O)CC5CC(C)OC(C)C5)=N4)ccc32)[nH]1)C(C)C. The minimum Gasteiger partial charge on any atom is -0.464 e. The first-order valence-corrected chi connectivity index (χ1v) is 26.4. The van der Waals surface area contributed by atoms with Gasteiger partial charge in [0.05, 0.1) is 70.6 Å². The number of thiophene rings is 1. The van der Waals surface area contributed by atoms with Gasteiger partial charge in [0.2, 0.25) is 18.0 Å². The van der Waals surface area contributed by atoms with Gasteiger partial charge < -0.3 is 34.3 Å². The Balaban J connectivity index is 0.901. The topological polar surface area (TPSA) is 143 Å². The number of halogens is 1. The highest BCUT2D eigenvalue weighted by Crippen LogP contribution is 2.50. The van der Waals surface area contributed by atoms with Crippen LogP contribution in [0.3, 0.4) is 0 Å². The average molecular weight is 970 g/mol. The molecular formula is C55H64FN7O6S. The molecule has 70 heavy (non-hydrogen) atoms. The van der Waals surface area contributed by atoms with Crippen molar-refractivity contribution in [3.05, 3.63) is 87.8 Å². The van der Waals surface area contributed by atoms with E-state index in [0.29, 0.717) is 59.6 Å². The number of hydrogen-bond acceptors (Lipinski definition) is 9. The average Bonchev–Trinajstić information content (AvgIpc) is 3.86. The molecule has 6 atom stereocenters. The molecule has 0 radical (unpaired) electrons. The highest BCUT2D eigenvalue weighted by atomic mass is 32.1. The molecule has 2 N–H and O–H groups in total. The van der Waals surface area contributed by atoms with E-state index in [0.717, 1.165) is 96.4 Å². The lowest BCUT2D eigenvalue weighted by molar-refractivity contribution is -0.135. The van der Waals surface area contributed by atoms with Crippen LogP contribution in [0, 0.1) is 17.7 Å². The van der Waals surface area contributed by atoms with Crippen LogP contribution in [-0.2, 0) is 19.1 Å². The van der Waals surface area contributed by atoms with Gasteiger partial charge in [-0.15, -0.1) is 11.3 Å². The van der Waals surface area contributed by atoms with Gasteiger partial charge in [-0.3, -0.25) is 19.1 Å². The van der Waals surface area contributed by atoms with Gasteiger partial charge in [-0.1, -0.05) is 26.0 Å². The number of nitrogens with one attached hydrogen (secondary N) is 2. The number of carbonyl (C=O) groups is 3. The van der Waals surface area contributed by atoms with Gasteiger partial charge >= 0.3 is 6.09 Å². The number of hydrogen-bond donors (Lipinski definition) is 2. The number of aromatic nitrogens is 3. The molecule has 8 heterocycles. The van der Waals surface area contributed by atoms with Crippen LogP contribution in [0.4, 0.5) is 9.18 Å². The number of imidazole rings is 1. The van der Waals surface area contributed by atoms with Crippen LogP contribution in [0.5, 0.6) is 5.75 Å². The third-order valence-electron chi connectivity index (χ3n) is 15.4. The van der Waals surface area contributed by atoms with Gasteiger partial charge in [-0.25, -0.2) is 14.2 Å². The van der Waals surface area contributed by atoms with Crippen LogP contribution in [-0.4, -0.2) is 92.4 Å². The van der Waals surface area contributed by atoms with Crippen molar-refractivity contribution in [1.29, 1.82) is 0 Å². The van der Waals surface area contributed by atoms with E-state index in [1.807, 2.05) is 19.9 Å². The molecule has 3 amide bonds. The lowest BCUT2D eigenvalue weighted by Crippen LogP contribution is -2.51. The quantitative estimate of drug-likeness (QED) is 0.134. The van der Waals surface area contributed by atoms with Crippen molar-refractivity contribution in [2.45, 2.75) is 147 Å². The lowest BCUT2D eigenvalue weighted by Gasteiger charge is -2.33. The molecular weight excluding hydrogens is 906 g/mol. The first-order chi connectivity index (χ1) is 33.9. The third-order valence-corrected chi connectivity index (χ3v) is 16.7. The number of methoxy groups -OCH3 is 1. The van der Waals surface area contributed by atoms with Crippen molar-refractivity contribution in [3.63, 3.8) is 0 Å². The van der Waals surface area contributed by atoms with Gasteiger partial charge in [0.25, 0.3) is 0 Å². The number of amides is 3. The van der Waals surface area contributed by atoms with Gasteiger partial charge in [0.15, 0.2) is 0 Å². The van der Waals surface area contributed by atoms with Crippen molar-refractivity contribution in [3.8, 4) is 28.3 Å². The third kappa shape index (κ3) is 8.97. The number of aliphatic imine (C=N–C) groups is 1. The minimum atomic E-state index is -0.754. The zero-order chi connectivity index (χ0) is 48.4. The number of H-pyrrole nitrogens is 1. The summed E-state index contributed by atoms with van der Waals surface area (Å²) >= 11 is 1.77. The molecule has 0 spiro atoms. The van der Waals surface area contributed by atoms with E-state index < -0.39 is 24.2 Å². The summed E-state index contributed by atoms with van der Waals surface area (Å²) in [7, 11) is 1.28. The molecule has 3 saturated heterocycles. The smallest absolute Gasteiger partial charge is 0.407 e. The summed E-state index contributed by atoms with van der Waals surface area (Å²) in [4.78, 5) is 59.8. The van der Waals surface area contributed by atoms with E-state index in [2.05, 4.69) is 76.1 Å². The summed E-state index contributed by atoms with van der Waals surface area (Å²) in [6.07, 6.45) is 14.0. The van der Waals surface area contributed by atoms with Crippen molar-refractivity contribution in [2.75, 3.05) is 20.2 Å². The summed E-state index contributed by atoms with van der Waals surface area (Å²) in [6, 6.07) is 15.2. The van der Waals surface area contributed by atoms with Gasteiger partial charge in [-0.2, -0.15) is 0 Å². The number of rotatable bonds is 11. The molecule has 368 valence electrons. The second-order valence-corrected chi connectivity index (χ2v) is 22.0. The van der Waals surface area contributed by atoms with Crippen LogP contribution in [0.15, 0.2) is 65.8 Å². The Labute approximate surface area is 412 Å². The molecule has 2 aromatic carbocycles. The van der Waals surface area contributed by atoms with Gasteiger partial charge in [-0.05, 0) is 145 Å². The Kier molecular flexibility index (Phi) is 12.7. The van der Waals surface area contributed by atoms with Crippen molar-refractivity contribution < 1.29 is 33.0 Å². The maximum absolute atomic E-state index is 17.0. The first kappa shape index (κ1) is 46.6. The number of aromatic amines is 1. The van der Waals surface area contributed by atoms with E-state index in [1.165, 1.54) is 30.9 Å². The molecule has 1 saturated carbocycles. The monoisotopic (exact) mass is 969 g/mol. The van der Waals surface area contributed by atoms with Crippen molar-refractivity contribution >= 4 is 51.6 Å². The second-order valence-electron chi connectivity index (χ2n) is 20.8. The Morgan fingerprint density at radius 2 is 1.70 bits per heavy atom. The molecule has 3 aromatic heterocycles. The lowest BCUT2D eigenvalue weighted by atomic mass is 9.89. The summed E-state index contributed by atoms with van der Waals surface area (Å²) < 4.78 is 36.9. The largest absolute Gasteiger partial charge is 0.464 e. The Morgan fingerprint density at radius 1 is 0.929 bits per heavy atom. The zero-order valence-electron chi connectivity index (χ0n) is 40.8. The van der Waals surface area contributed by atoms with E-state index in [4.69, 9.17) is 24.2 Å². The van der Waals surface area contributed by atoms with Crippen LogP contribution >= 0.6 is 11.3 Å². The maximum Gasteiger partial charge on any atom is 0.407 e. The van der Waals surface area contributed by atoms with Crippen molar-refractivity contribution in [1.82, 2.24) is 29.7 Å². The molecule has 15 heteroatoms. The standard InChI is InChI=1S/C55H64FN7O6S/c1-30(2)51(60-55(66)67-5)53(65)62-21-9-13-44(62)52-57-29-41(59-52)36-26-38(56)50-45-27-37-25-35(16-17-42(37)63(45)54(69-46(50)28-36)48-19-18-47(70-48)34-14-15-34)39-10-6-7-11-40(58-39)43-12-8-20-61(43)49(64)24-33-22-31(3)68-32(4)23-33/h10,16-19,25-34,43-44,51,54H,6-9,11-15,20-24H2,1-5H3,(H,57,59)(H,60,66). The van der Waals surface area contributed by atoms with Crippen LogP contribution < -0.4 is 10.1 Å². The summed E-state index contributed by atoms with van der Waals surface area (Å²) in [6.45, 7) is 9.30. The predicted molar refractivity (Wildman–Crippen MR) is 269 cm³/mol. The predicted octanol–water partition coefficient (Wildman–Crippen LogP) is 11.3. The summed E-state index contributed by atoms with van der Waals surface area (Å²) in [5.74, 6) is 1.43. The molecule has 5 aliphatic heterocycles. The molecule has 0 bridgehead atoms. The van der Waals surface area contributed by atoms with Gasteiger partial charge in [0.1, 0.15) is 23.4 Å². The van der Waals surface area contributed by atoms with Crippen molar-refractivity contribution in [2.24, 2.45) is 16.8 Å². The Bertz CT molecular complexity index is 2880. The van der Waals surface area contributed by atoms with E-state index in [1.54, 1.807) is 22.4 Å². The fourth-order valence-electron chi connectivity index (χ4n) is 11.9. The number of carbonyl (C=O) groups excluding carboxylic acids is 3. The van der Waals surface area contributed by atoms with E-state index in [9.17, 15) is 14.4 Å².